The highest BCUT2D eigenvalue weighted by atomic mass is 35.5. The van der Waals surface area contributed by atoms with E-state index in [1.165, 1.54) is 0 Å². The van der Waals surface area contributed by atoms with Crippen molar-refractivity contribution in [1.82, 2.24) is 0 Å². The molecule has 64 valence electrons. The molecule has 2 nitrogen and oxygen atoms in total. The molecule has 0 aliphatic heterocycles. The highest BCUT2D eigenvalue weighted by Gasteiger charge is 2.07. The molecule has 0 radical (unpaired) electrons. The molecule has 12 heavy (non-hydrogen) atoms. The molecule has 0 saturated heterocycles. The summed E-state index contributed by atoms with van der Waals surface area (Å²) in [5, 5.41) is 0. The van der Waals surface area contributed by atoms with Crippen molar-refractivity contribution in [3.63, 3.8) is 0 Å². The van der Waals surface area contributed by atoms with E-state index in [0.717, 1.165) is 5.56 Å². The molecule has 1 aromatic carbocycles. The van der Waals surface area contributed by atoms with Gasteiger partial charge in [-0.05, 0) is 12.5 Å². The van der Waals surface area contributed by atoms with Crippen LogP contribution in [0.3, 0.4) is 0 Å². The van der Waals surface area contributed by atoms with Gasteiger partial charge >= 0.3 is 5.43 Å². The maximum Gasteiger partial charge on any atom is 0.404 e. The molecule has 0 N–H and O–H groups in total. The van der Waals surface area contributed by atoms with E-state index >= 15 is 0 Å². The van der Waals surface area contributed by atoms with Gasteiger partial charge in [0.05, 0.1) is 0 Å². The largest absolute Gasteiger partial charge is 0.446 e. The second kappa shape index (κ2) is 4.12. The second-order valence-corrected chi connectivity index (χ2v) is 2.72. The minimum Gasteiger partial charge on any atom is -0.446 e. The number of ether oxygens (including phenoxy) is 1. The van der Waals surface area contributed by atoms with E-state index in [1.807, 2.05) is 30.3 Å². The van der Waals surface area contributed by atoms with Crippen LogP contribution in [0.2, 0.25) is 0 Å². The first-order valence-electron chi connectivity index (χ1n) is 3.61. The minimum absolute atomic E-state index is 0.281. The molecule has 1 rings (SSSR count). The Labute approximate surface area is 76.1 Å². The van der Waals surface area contributed by atoms with E-state index in [1.54, 1.807) is 6.92 Å². The van der Waals surface area contributed by atoms with Crippen molar-refractivity contribution in [2.24, 2.45) is 0 Å². The van der Waals surface area contributed by atoms with Crippen LogP contribution in [-0.2, 0) is 4.74 Å². The average molecular weight is 185 g/mol. The SMILES string of the molecule is C[C@@H](OC(=O)Cl)c1ccccc1. The lowest BCUT2D eigenvalue weighted by Gasteiger charge is -2.09. The summed E-state index contributed by atoms with van der Waals surface area (Å²) in [7, 11) is 0. The predicted molar refractivity (Wildman–Crippen MR) is 47.2 cm³/mol. The normalized spacial score (nSPS) is 12.2. The van der Waals surface area contributed by atoms with Crippen LogP contribution < -0.4 is 0 Å². The third kappa shape index (κ3) is 2.55. The van der Waals surface area contributed by atoms with Gasteiger partial charge < -0.3 is 4.74 Å². The predicted octanol–water partition coefficient (Wildman–Crippen LogP) is 3.12. The third-order valence-electron chi connectivity index (χ3n) is 1.54. The topological polar surface area (TPSA) is 26.3 Å². The van der Waals surface area contributed by atoms with Crippen molar-refractivity contribution in [2.75, 3.05) is 0 Å². The molecule has 0 bridgehead atoms. The van der Waals surface area contributed by atoms with E-state index in [-0.39, 0.29) is 6.10 Å². The summed E-state index contributed by atoms with van der Waals surface area (Å²) in [4.78, 5) is 10.4. The van der Waals surface area contributed by atoms with E-state index in [2.05, 4.69) is 0 Å². The summed E-state index contributed by atoms with van der Waals surface area (Å²) in [5.41, 5.74) is 0.165. The molecule has 1 aromatic rings. The number of carbonyl (C=O) groups is 1. The summed E-state index contributed by atoms with van der Waals surface area (Å²) in [6, 6.07) is 9.43. The number of halogens is 1. The molecule has 0 saturated carbocycles. The van der Waals surface area contributed by atoms with Gasteiger partial charge in [-0.1, -0.05) is 30.3 Å². The third-order valence-corrected chi connectivity index (χ3v) is 1.63. The number of rotatable bonds is 2. The van der Waals surface area contributed by atoms with Crippen LogP contribution in [0.5, 0.6) is 0 Å². The monoisotopic (exact) mass is 184 g/mol. The lowest BCUT2D eigenvalue weighted by Crippen LogP contribution is -2.01. The molecule has 0 spiro atoms. The first-order chi connectivity index (χ1) is 5.70. The van der Waals surface area contributed by atoms with Gasteiger partial charge in [-0.3, -0.25) is 0 Å². The van der Waals surface area contributed by atoms with Gasteiger partial charge in [0.15, 0.2) is 0 Å². The van der Waals surface area contributed by atoms with Crippen molar-refractivity contribution < 1.29 is 9.53 Å². The molecule has 0 aliphatic rings. The zero-order chi connectivity index (χ0) is 8.97. The number of hydrogen-bond acceptors (Lipinski definition) is 2. The number of hydrogen-bond donors (Lipinski definition) is 0. The molecular weight excluding hydrogens is 176 g/mol. The maximum atomic E-state index is 10.4. The average Bonchev–Trinajstić information content (AvgIpc) is 2.05. The van der Waals surface area contributed by atoms with Crippen molar-refractivity contribution in [2.45, 2.75) is 13.0 Å². The maximum absolute atomic E-state index is 10.4. The Morgan fingerprint density at radius 1 is 1.42 bits per heavy atom. The molecule has 1 atom stereocenters. The number of carbonyl (C=O) groups excluding carboxylic acids is 1. The Morgan fingerprint density at radius 2 is 2.00 bits per heavy atom. The van der Waals surface area contributed by atoms with E-state index < -0.39 is 5.43 Å². The van der Waals surface area contributed by atoms with Crippen molar-refractivity contribution in [3.8, 4) is 0 Å². The molecule has 0 amide bonds. The summed E-state index contributed by atoms with van der Waals surface area (Å²) in [6.07, 6.45) is -0.281. The second-order valence-electron chi connectivity index (χ2n) is 2.41. The quantitative estimate of drug-likeness (QED) is 0.661. The Kier molecular flexibility index (Phi) is 3.11. The highest BCUT2D eigenvalue weighted by molar-refractivity contribution is 6.61. The fraction of sp³-hybridized carbons (Fsp3) is 0.222. The van der Waals surface area contributed by atoms with Crippen molar-refractivity contribution in [3.05, 3.63) is 35.9 Å². The molecule has 0 heterocycles. The lowest BCUT2D eigenvalue weighted by atomic mass is 10.1. The van der Waals surface area contributed by atoms with Crippen LogP contribution in [-0.4, -0.2) is 5.43 Å². The highest BCUT2D eigenvalue weighted by Crippen LogP contribution is 2.16. The number of benzene rings is 1. The first kappa shape index (κ1) is 9.07. The van der Waals surface area contributed by atoms with Gasteiger partial charge in [0.25, 0.3) is 0 Å². The van der Waals surface area contributed by atoms with Crippen LogP contribution in [0.1, 0.15) is 18.6 Å². The minimum atomic E-state index is -0.772. The Balaban J connectivity index is 2.65. The van der Waals surface area contributed by atoms with E-state index in [9.17, 15) is 4.79 Å². The van der Waals surface area contributed by atoms with Gasteiger partial charge in [0, 0.05) is 11.6 Å². The van der Waals surface area contributed by atoms with Gasteiger partial charge in [-0.15, -0.1) is 0 Å². The van der Waals surface area contributed by atoms with Crippen LogP contribution >= 0.6 is 11.6 Å². The molecule has 0 aromatic heterocycles. The summed E-state index contributed by atoms with van der Waals surface area (Å²) >= 11 is 5.06. The first-order valence-corrected chi connectivity index (χ1v) is 3.99. The molecule has 3 heteroatoms. The molecule has 0 fully saturated rings. The summed E-state index contributed by atoms with van der Waals surface area (Å²) in [5.74, 6) is 0. The standard InChI is InChI=1S/C9H9ClO2/c1-7(12-9(10)11)8-5-3-2-4-6-8/h2-7H,1H3/t7-/m1/s1. The fourth-order valence-electron chi connectivity index (χ4n) is 0.931. The van der Waals surface area contributed by atoms with Crippen LogP contribution in [0.15, 0.2) is 30.3 Å². The van der Waals surface area contributed by atoms with Crippen LogP contribution in [0.4, 0.5) is 4.79 Å². The van der Waals surface area contributed by atoms with Crippen LogP contribution in [0.25, 0.3) is 0 Å². The van der Waals surface area contributed by atoms with Gasteiger partial charge in [0.1, 0.15) is 6.10 Å². The van der Waals surface area contributed by atoms with E-state index in [4.69, 9.17) is 16.3 Å². The van der Waals surface area contributed by atoms with Crippen LogP contribution in [0, 0.1) is 0 Å². The smallest absolute Gasteiger partial charge is 0.404 e. The van der Waals surface area contributed by atoms with Gasteiger partial charge in [-0.2, -0.15) is 0 Å². The van der Waals surface area contributed by atoms with Gasteiger partial charge in [-0.25, -0.2) is 4.79 Å². The Hall–Kier alpha value is -1.02. The molecule has 0 unspecified atom stereocenters. The van der Waals surface area contributed by atoms with Crippen molar-refractivity contribution in [1.29, 1.82) is 0 Å². The van der Waals surface area contributed by atoms with E-state index in [0.29, 0.717) is 0 Å². The zero-order valence-electron chi connectivity index (χ0n) is 6.66. The summed E-state index contributed by atoms with van der Waals surface area (Å²) in [6.45, 7) is 1.77. The lowest BCUT2D eigenvalue weighted by molar-refractivity contribution is 0.132. The zero-order valence-corrected chi connectivity index (χ0v) is 7.41. The Bertz CT molecular complexity index is 258. The summed E-state index contributed by atoms with van der Waals surface area (Å²) < 4.78 is 4.76. The van der Waals surface area contributed by atoms with Crippen molar-refractivity contribution >= 4 is 17.0 Å². The fourth-order valence-corrected chi connectivity index (χ4v) is 1.06. The molecular formula is C9H9ClO2. The Morgan fingerprint density at radius 3 is 2.50 bits per heavy atom. The van der Waals surface area contributed by atoms with Gasteiger partial charge in [0.2, 0.25) is 0 Å². The molecule has 0 aliphatic carbocycles.